The molecule has 0 bridgehead atoms. The zero-order valence-electron chi connectivity index (χ0n) is 19.0. The van der Waals surface area contributed by atoms with Gasteiger partial charge in [0.25, 0.3) is 11.5 Å². The Kier molecular flexibility index (Phi) is 5.56. The molecule has 0 saturated carbocycles. The molecule has 1 aliphatic carbocycles. The van der Waals surface area contributed by atoms with Crippen LogP contribution in [0.4, 0.5) is 15.9 Å². The van der Waals surface area contributed by atoms with E-state index in [0.717, 1.165) is 34.6 Å². The van der Waals surface area contributed by atoms with Crippen molar-refractivity contribution in [2.75, 3.05) is 17.7 Å². The largest absolute Gasteiger partial charge is 0.383 e. The van der Waals surface area contributed by atoms with E-state index in [4.69, 9.17) is 5.73 Å². The van der Waals surface area contributed by atoms with Crippen molar-refractivity contribution < 1.29 is 9.18 Å². The summed E-state index contributed by atoms with van der Waals surface area (Å²) in [7, 11) is 1.43. The van der Waals surface area contributed by atoms with Crippen LogP contribution >= 0.6 is 0 Å². The SMILES string of the molecule is CN(C(=O)c1nn(-c2ccc(F)cc2)c2c1CCC2)c1c(N)n(Cc2ccccc2)c(=O)[nH]c1=O. The van der Waals surface area contributed by atoms with Crippen molar-refractivity contribution in [3.63, 3.8) is 0 Å². The van der Waals surface area contributed by atoms with Gasteiger partial charge in [0.2, 0.25) is 0 Å². The number of carbonyl (C=O) groups excluding carboxylic acids is 1. The van der Waals surface area contributed by atoms with Crippen LogP contribution in [-0.4, -0.2) is 32.3 Å². The smallest absolute Gasteiger partial charge is 0.330 e. The second-order valence-corrected chi connectivity index (χ2v) is 8.44. The highest BCUT2D eigenvalue weighted by Gasteiger charge is 2.31. The van der Waals surface area contributed by atoms with E-state index in [1.807, 2.05) is 30.3 Å². The molecule has 4 aromatic rings. The minimum Gasteiger partial charge on any atom is -0.383 e. The van der Waals surface area contributed by atoms with Gasteiger partial charge < -0.3 is 10.6 Å². The zero-order chi connectivity index (χ0) is 24.7. The van der Waals surface area contributed by atoms with Gasteiger partial charge in [-0.15, -0.1) is 0 Å². The molecule has 9 nitrogen and oxygen atoms in total. The van der Waals surface area contributed by atoms with Gasteiger partial charge in [0.15, 0.2) is 11.4 Å². The summed E-state index contributed by atoms with van der Waals surface area (Å²) >= 11 is 0. The van der Waals surface area contributed by atoms with Crippen LogP contribution in [0.3, 0.4) is 0 Å². The van der Waals surface area contributed by atoms with Crippen LogP contribution in [0.25, 0.3) is 5.69 Å². The summed E-state index contributed by atoms with van der Waals surface area (Å²) in [5, 5.41) is 4.53. The third-order valence-corrected chi connectivity index (χ3v) is 6.24. The quantitative estimate of drug-likeness (QED) is 0.460. The third kappa shape index (κ3) is 3.92. The summed E-state index contributed by atoms with van der Waals surface area (Å²) < 4.78 is 16.3. The molecule has 1 amide bonds. The first-order chi connectivity index (χ1) is 16.8. The Hall–Kier alpha value is -4.47. The van der Waals surface area contributed by atoms with Gasteiger partial charge >= 0.3 is 5.69 Å². The number of H-pyrrole nitrogens is 1. The number of nitrogens with one attached hydrogen (secondary N) is 1. The van der Waals surface area contributed by atoms with Gasteiger partial charge in [-0.2, -0.15) is 5.10 Å². The molecule has 0 atom stereocenters. The first-order valence-corrected chi connectivity index (χ1v) is 11.2. The minimum absolute atomic E-state index is 0.118. The second-order valence-electron chi connectivity index (χ2n) is 8.44. The van der Waals surface area contributed by atoms with Crippen molar-refractivity contribution in [3.8, 4) is 5.69 Å². The summed E-state index contributed by atoms with van der Waals surface area (Å²) in [6.07, 6.45) is 2.23. The fourth-order valence-electron chi connectivity index (χ4n) is 4.49. The van der Waals surface area contributed by atoms with Gasteiger partial charge in [0.1, 0.15) is 11.6 Å². The van der Waals surface area contributed by atoms with Crippen molar-refractivity contribution in [2.45, 2.75) is 25.8 Å². The lowest BCUT2D eigenvalue weighted by Gasteiger charge is -2.20. The predicted molar refractivity (Wildman–Crippen MR) is 130 cm³/mol. The van der Waals surface area contributed by atoms with E-state index in [-0.39, 0.29) is 29.6 Å². The summed E-state index contributed by atoms with van der Waals surface area (Å²) in [6.45, 7) is 0.131. The standard InChI is InChI=1S/C25H23FN6O3/c1-30(21-22(27)31(25(35)28-23(21)33)14-15-6-3-2-4-7-15)24(34)20-18-8-5-9-19(18)32(29-20)17-12-10-16(26)11-13-17/h2-4,6-7,10-13H,5,8-9,14,27H2,1H3,(H,28,33,35). The Bertz CT molecular complexity index is 1540. The molecule has 0 radical (unpaired) electrons. The fourth-order valence-corrected chi connectivity index (χ4v) is 4.49. The van der Waals surface area contributed by atoms with Crippen molar-refractivity contribution in [1.82, 2.24) is 19.3 Å². The summed E-state index contributed by atoms with van der Waals surface area (Å²) in [6, 6.07) is 15.0. The fraction of sp³-hybridized carbons (Fsp3) is 0.200. The van der Waals surface area contributed by atoms with Crippen LogP contribution in [0.2, 0.25) is 0 Å². The lowest BCUT2D eigenvalue weighted by atomic mass is 10.2. The Morgan fingerprint density at radius 2 is 1.83 bits per heavy atom. The lowest BCUT2D eigenvalue weighted by Crippen LogP contribution is -2.39. The molecule has 0 fully saturated rings. The van der Waals surface area contributed by atoms with Gasteiger partial charge in [-0.05, 0) is 49.1 Å². The lowest BCUT2D eigenvalue weighted by molar-refractivity contribution is 0.0986. The van der Waals surface area contributed by atoms with Gasteiger partial charge in [0, 0.05) is 18.3 Å². The second kappa shape index (κ2) is 8.71. The van der Waals surface area contributed by atoms with Crippen molar-refractivity contribution in [2.24, 2.45) is 0 Å². The molecule has 3 N–H and O–H groups in total. The van der Waals surface area contributed by atoms with Crippen LogP contribution in [0.1, 0.15) is 33.7 Å². The normalized spacial score (nSPS) is 12.5. The molecule has 0 saturated heterocycles. The zero-order valence-corrected chi connectivity index (χ0v) is 19.0. The maximum atomic E-state index is 13.6. The first-order valence-electron chi connectivity index (χ1n) is 11.2. The van der Waals surface area contributed by atoms with E-state index in [1.54, 1.807) is 16.8 Å². The van der Waals surface area contributed by atoms with Crippen LogP contribution in [-0.2, 0) is 19.4 Å². The number of anilines is 2. The number of nitrogens with zero attached hydrogens (tertiary/aromatic N) is 4. The topological polar surface area (TPSA) is 119 Å². The van der Waals surface area contributed by atoms with Gasteiger partial charge in [-0.3, -0.25) is 19.1 Å². The molecular weight excluding hydrogens is 451 g/mol. The number of aromatic nitrogens is 4. The highest BCUT2D eigenvalue weighted by molar-refractivity contribution is 6.06. The first kappa shape index (κ1) is 22.3. The number of aromatic amines is 1. The highest BCUT2D eigenvalue weighted by Crippen LogP contribution is 2.29. The Morgan fingerprint density at radius 1 is 1.11 bits per heavy atom. The molecule has 0 spiro atoms. The Morgan fingerprint density at radius 3 is 2.54 bits per heavy atom. The number of nitrogens with two attached hydrogens (primary N) is 1. The van der Waals surface area contributed by atoms with Crippen LogP contribution in [0.5, 0.6) is 0 Å². The predicted octanol–water partition coefficient (Wildman–Crippen LogP) is 2.26. The van der Waals surface area contributed by atoms with Crippen molar-refractivity contribution in [1.29, 1.82) is 0 Å². The van der Waals surface area contributed by atoms with Gasteiger partial charge in [0.05, 0.1) is 12.2 Å². The van der Waals surface area contributed by atoms with E-state index >= 15 is 0 Å². The monoisotopic (exact) mass is 474 g/mol. The van der Waals surface area contributed by atoms with Gasteiger partial charge in [-0.1, -0.05) is 30.3 Å². The maximum Gasteiger partial charge on any atom is 0.330 e. The maximum absolute atomic E-state index is 13.6. The molecule has 2 aromatic carbocycles. The molecule has 178 valence electrons. The number of hydrogen-bond donors (Lipinski definition) is 2. The molecule has 2 aromatic heterocycles. The molecule has 10 heteroatoms. The summed E-state index contributed by atoms with van der Waals surface area (Å²) in [5.41, 5.74) is 8.02. The van der Waals surface area contributed by atoms with E-state index in [9.17, 15) is 18.8 Å². The Balaban J connectivity index is 1.55. The number of fused-ring (bicyclic) bond motifs is 1. The number of halogens is 1. The number of nitrogen functional groups attached to an aromatic ring is 1. The number of rotatable bonds is 5. The molecule has 1 aliphatic rings. The Labute approximate surface area is 199 Å². The minimum atomic E-state index is -0.762. The van der Waals surface area contributed by atoms with E-state index in [0.29, 0.717) is 12.1 Å². The number of hydrogen-bond acceptors (Lipinski definition) is 5. The molecule has 0 unspecified atom stereocenters. The van der Waals surface area contributed by atoms with Crippen molar-refractivity contribution in [3.05, 3.63) is 104 Å². The third-order valence-electron chi connectivity index (χ3n) is 6.24. The van der Waals surface area contributed by atoms with E-state index < -0.39 is 17.2 Å². The van der Waals surface area contributed by atoms with Crippen molar-refractivity contribution >= 4 is 17.4 Å². The van der Waals surface area contributed by atoms with Crippen LogP contribution in [0, 0.1) is 5.82 Å². The van der Waals surface area contributed by atoms with Crippen LogP contribution in [0.15, 0.2) is 64.2 Å². The summed E-state index contributed by atoms with van der Waals surface area (Å²) in [4.78, 5) is 42.2. The average Bonchev–Trinajstić information content (AvgIpc) is 3.45. The van der Waals surface area contributed by atoms with Gasteiger partial charge in [-0.25, -0.2) is 13.9 Å². The average molecular weight is 474 g/mol. The molecular formula is C25H23FN6O3. The number of amides is 1. The van der Waals surface area contributed by atoms with E-state index in [2.05, 4.69) is 10.1 Å². The van der Waals surface area contributed by atoms with E-state index in [1.165, 1.54) is 23.7 Å². The molecule has 35 heavy (non-hydrogen) atoms. The molecule has 0 aliphatic heterocycles. The number of carbonyl (C=O) groups is 1. The van der Waals surface area contributed by atoms with Crippen LogP contribution < -0.4 is 21.9 Å². The molecule has 2 heterocycles. The summed E-state index contributed by atoms with van der Waals surface area (Å²) in [5.74, 6) is -1.01. The molecule has 5 rings (SSSR count). The number of benzene rings is 2. The highest BCUT2D eigenvalue weighted by atomic mass is 19.1.